The first-order valence-electron chi connectivity index (χ1n) is 8.46. The van der Waals surface area contributed by atoms with E-state index in [-0.39, 0.29) is 18.1 Å². The van der Waals surface area contributed by atoms with Gasteiger partial charge in [0.05, 0.1) is 6.42 Å². The number of anilines is 1. The molecule has 2 amide bonds. The van der Waals surface area contributed by atoms with Gasteiger partial charge in [0.25, 0.3) is 5.91 Å². The lowest BCUT2D eigenvalue weighted by Gasteiger charge is -2.14. The van der Waals surface area contributed by atoms with Gasteiger partial charge in [-0.15, -0.1) is 0 Å². The molecule has 28 heavy (non-hydrogen) atoms. The van der Waals surface area contributed by atoms with Crippen LogP contribution in [0.5, 0.6) is 0 Å². The molecule has 0 spiro atoms. The Kier molecular flexibility index (Phi) is 7.27. The normalized spacial score (nSPS) is 11.2. The molecule has 2 aromatic carbocycles. The van der Waals surface area contributed by atoms with Crippen molar-refractivity contribution in [3.05, 3.63) is 65.7 Å². The average molecular weight is 384 g/mol. The van der Waals surface area contributed by atoms with Gasteiger partial charge in [-0.3, -0.25) is 14.4 Å². The largest absolute Gasteiger partial charge is 0.480 e. The maximum atomic E-state index is 12.3. The van der Waals surface area contributed by atoms with E-state index in [2.05, 4.69) is 10.6 Å². The number of hydrogen-bond donors (Lipinski definition) is 3. The molecule has 0 bridgehead atoms. The highest BCUT2D eigenvalue weighted by atomic mass is 16.5. The lowest BCUT2D eigenvalue weighted by molar-refractivity contribution is -0.150. The van der Waals surface area contributed by atoms with E-state index in [1.54, 1.807) is 36.4 Å². The molecule has 0 aliphatic carbocycles. The van der Waals surface area contributed by atoms with E-state index in [0.29, 0.717) is 5.69 Å². The van der Waals surface area contributed by atoms with Gasteiger partial charge in [-0.2, -0.15) is 0 Å². The number of rotatable bonds is 8. The Bertz CT molecular complexity index is 866. The van der Waals surface area contributed by atoms with Crippen LogP contribution >= 0.6 is 0 Å². The third kappa shape index (κ3) is 6.56. The number of nitrogens with one attached hydrogen (secondary N) is 2. The summed E-state index contributed by atoms with van der Waals surface area (Å²) in [5, 5.41) is 14.1. The van der Waals surface area contributed by atoms with Gasteiger partial charge in [0.2, 0.25) is 5.91 Å². The zero-order chi connectivity index (χ0) is 20.5. The van der Waals surface area contributed by atoms with Crippen molar-refractivity contribution in [3.63, 3.8) is 0 Å². The number of carboxylic acid groups (broad SMARTS) is 1. The summed E-state index contributed by atoms with van der Waals surface area (Å²) < 4.78 is 5.06. The fraction of sp³-hybridized carbons (Fsp3) is 0.200. The molecule has 0 heterocycles. The Morgan fingerprint density at radius 3 is 2.39 bits per heavy atom. The van der Waals surface area contributed by atoms with E-state index < -0.39 is 30.3 Å². The Morgan fingerprint density at radius 1 is 1.04 bits per heavy atom. The topological polar surface area (TPSA) is 122 Å². The Hall–Kier alpha value is -3.68. The van der Waals surface area contributed by atoms with Crippen LogP contribution in [0, 0.1) is 0 Å². The SMILES string of the molecule is CC(=O)Nc1cccc(C(=O)N[C@@H](CC(=O)OCc2ccccc2)C(=O)O)c1. The second kappa shape index (κ2) is 9.86. The summed E-state index contributed by atoms with van der Waals surface area (Å²) in [4.78, 5) is 46.8. The van der Waals surface area contributed by atoms with Crippen molar-refractivity contribution < 1.29 is 29.0 Å². The first-order chi connectivity index (χ1) is 13.3. The first-order valence-corrected chi connectivity index (χ1v) is 8.46. The third-order valence-electron chi connectivity index (χ3n) is 3.66. The zero-order valence-corrected chi connectivity index (χ0v) is 15.2. The summed E-state index contributed by atoms with van der Waals surface area (Å²) in [6.45, 7) is 1.34. The van der Waals surface area contributed by atoms with Crippen LogP contribution in [0.4, 0.5) is 5.69 Å². The molecule has 0 aromatic heterocycles. The van der Waals surface area contributed by atoms with Crippen LogP contribution in [0.3, 0.4) is 0 Å². The van der Waals surface area contributed by atoms with Gasteiger partial charge in [-0.05, 0) is 23.8 Å². The van der Waals surface area contributed by atoms with Crippen molar-refractivity contribution in [2.24, 2.45) is 0 Å². The van der Waals surface area contributed by atoms with Gasteiger partial charge in [0.15, 0.2) is 0 Å². The molecule has 3 N–H and O–H groups in total. The maximum absolute atomic E-state index is 12.3. The van der Waals surface area contributed by atoms with E-state index >= 15 is 0 Å². The van der Waals surface area contributed by atoms with Crippen LogP contribution in [-0.2, 0) is 25.7 Å². The Balaban J connectivity index is 1.96. The molecule has 146 valence electrons. The fourth-order valence-corrected chi connectivity index (χ4v) is 2.35. The predicted molar refractivity (Wildman–Crippen MR) is 100 cm³/mol. The van der Waals surface area contributed by atoms with E-state index in [0.717, 1.165) is 5.56 Å². The second-order valence-electron chi connectivity index (χ2n) is 5.98. The summed E-state index contributed by atoms with van der Waals surface area (Å²) >= 11 is 0. The number of aliphatic carboxylic acids is 1. The molecular formula is C20H20N2O6. The minimum Gasteiger partial charge on any atom is -0.480 e. The second-order valence-corrected chi connectivity index (χ2v) is 5.98. The van der Waals surface area contributed by atoms with Gasteiger partial charge < -0.3 is 20.5 Å². The first kappa shape index (κ1) is 20.6. The molecule has 1 atom stereocenters. The molecule has 0 aliphatic heterocycles. The number of carboxylic acids is 1. The molecule has 2 aromatic rings. The van der Waals surface area contributed by atoms with Crippen molar-refractivity contribution in [2.75, 3.05) is 5.32 Å². The van der Waals surface area contributed by atoms with Gasteiger partial charge >= 0.3 is 11.9 Å². The van der Waals surface area contributed by atoms with Crippen molar-refractivity contribution in [1.29, 1.82) is 0 Å². The highest BCUT2D eigenvalue weighted by molar-refractivity contribution is 5.99. The van der Waals surface area contributed by atoms with Crippen LogP contribution in [-0.4, -0.2) is 34.9 Å². The summed E-state index contributed by atoms with van der Waals surface area (Å²) in [6.07, 6.45) is -0.515. The number of benzene rings is 2. The van der Waals surface area contributed by atoms with E-state index in [9.17, 15) is 24.3 Å². The van der Waals surface area contributed by atoms with Gasteiger partial charge in [0.1, 0.15) is 12.6 Å². The standard InChI is InChI=1S/C20H20N2O6/c1-13(23)21-16-9-5-8-15(10-16)19(25)22-17(20(26)27)11-18(24)28-12-14-6-3-2-4-7-14/h2-10,17H,11-12H2,1H3,(H,21,23)(H,22,25)(H,26,27)/t17-/m0/s1. The van der Waals surface area contributed by atoms with E-state index in [1.807, 2.05) is 6.07 Å². The lowest BCUT2D eigenvalue weighted by atomic mass is 10.1. The van der Waals surface area contributed by atoms with Crippen LogP contribution in [0.25, 0.3) is 0 Å². The number of hydrogen-bond acceptors (Lipinski definition) is 5. The number of carbonyl (C=O) groups excluding carboxylic acids is 3. The predicted octanol–water partition coefficient (Wildman–Crippen LogP) is 1.96. The number of esters is 1. The number of amides is 2. The number of ether oxygens (including phenoxy) is 1. The van der Waals surface area contributed by atoms with Gasteiger partial charge in [-0.1, -0.05) is 36.4 Å². The lowest BCUT2D eigenvalue weighted by Crippen LogP contribution is -2.42. The Morgan fingerprint density at radius 2 is 1.75 bits per heavy atom. The van der Waals surface area contributed by atoms with Crippen molar-refractivity contribution in [1.82, 2.24) is 5.32 Å². The smallest absolute Gasteiger partial charge is 0.326 e. The summed E-state index contributed by atoms with van der Waals surface area (Å²) in [7, 11) is 0. The third-order valence-corrected chi connectivity index (χ3v) is 3.66. The van der Waals surface area contributed by atoms with Crippen LogP contribution < -0.4 is 10.6 Å². The van der Waals surface area contributed by atoms with E-state index in [1.165, 1.54) is 19.1 Å². The van der Waals surface area contributed by atoms with Gasteiger partial charge in [-0.25, -0.2) is 4.79 Å². The van der Waals surface area contributed by atoms with E-state index in [4.69, 9.17) is 4.74 Å². The van der Waals surface area contributed by atoms with Crippen molar-refractivity contribution in [2.45, 2.75) is 26.0 Å². The van der Waals surface area contributed by atoms with Crippen LogP contribution in [0.15, 0.2) is 54.6 Å². The molecule has 0 saturated carbocycles. The fourth-order valence-electron chi connectivity index (χ4n) is 2.35. The summed E-state index contributed by atoms with van der Waals surface area (Å²) in [5.41, 5.74) is 1.31. The monoisotopic (exact) mass is 384 g/mol. The van der Waals surface area contributed by atoms with Gasteiger partial charge in [0, 0.05) is 18.2 Å². The summed E-state index contributed by atoms with van der Waals surface area (Å²) in [6, 6.07) is 13.5. The molecule has 2 rings (SSSR count). The minimum atomic E-state index is -1.44. The van der Waals surface area contributed by atoms with Crippen LogP contribution in [0.2, 0.25) is 0 Å². The molecule has 0 unspecified atom stereocenters. The zero-order valence-electron chi connectivity index (χ0n) is 15.2. The molecule has 8 heteroatoms. The molecule has 0 aliphatic rings. The Labute approximate surface area is 161 Å². The minimum absolute atomic E-state index is 0.0126. The molecule has 0 radical (unpaired) electrons. The molecular weight excluding hydrogens is 364 g/mol. The maximum Gasteiger partial charge on any atom is 0.326 e. The van der Waals surface area contributed by atoms with Crippen LogP contribution in [0.1, 0.15) is 29.3 Å². The summed E-state index contributed by atoms with van der Waals surface area (Å²) in [5.74, 6) is -3.09. The number of carbonyl (C=O) groups is 4. The molecule has 8 nitrogen and oxygen atoms in total. The average Bonchev–Trinajstić information content (AvgIpc) is 2.66. The molecule has 0 fully saturated rings. The van der Waals surface area contributed by atoms with Crippen molar-refractivity contribution in [3.8, 4) is 0 Å². The van der Waals surface area contributed by atoms with Crippen molar-refractivity contribution >= 4 is 29.4 Å². The highest BCUT2D eigenvalue weighted by Crippen LogP contribution is 2.11. The highest BCUT2D eigenvalue weighted by Gasteiger charge is 2.24. The quantitative estimate of drug-likeness (QED) is 0.598. The molecule has 0 saturated heterocycles.